The van der Waals surface area contributed by atoms with E-state index in [9.17, 15) is 4.79 Å². The van der Waals surface area contributed by atoms with Crippen LogP contribution in [0.25, 0.3) is 5.95 Å². The molecule has 3 heterocycles. The number of rotatable bonds is 5. The highest BCUT2D eigenvalue weighted by molar-refractivity contribution is 5.95. The quantitative estimate of drug-likeness (QED) is 0.462. The molecule has 0 saturated heterocycles. The van der Waals surface area contributed by atoms with Crippen LogP contribution < -0.4 is 10.1 Å². The van der Waals surface area contributed by atoms with Crippen molar-refractivity contribution in [1.82, 2.24) is 19.7 Å². The topological polar surface area (TPSA) is 81.9 Å². The molecular formula is C27H27N5O2. The van der Waals surface area contributed by atoms with E-state index in [1.54, 1.807) is 4.68 Å². The van der Waals surface area contributed by atoms with Gasteiger partial charge < -0.3 is 10.1 Å². The molecule has 1 aliphatic rings. The molecule has 5 rings (SSSR count). The van der Waals surface area contributed by atoms with E-state index in [4.69, 9.17) is 9.84 Å². The maximum Gasteiger partial charge on any atom is 0.252 e. The number of hydrogen-bond acceptors (Lipinski definition) is 5. The Labute approximate surface area is 198 Å². The van der Waals surface area contributed by atoms with Crippen molar-refractivity contribution in [2.24, 2.45) is 0 Å². The van der Waals surface area contributed by atoms with Gasteiger partial charge in [0.1, 0.15) is 18.2 Å². The van der Waals surface area contributed by atoms with Crippen molar-refractivity contribution >= 4 is 11.7 Å². The van der Waals surface area contributed by atoms with Gasteiger partial charge in [0.15, 0.2) is 0 Å². The van der Waals surface area contributed by atoms with Gasteiger partial charge >= 0.3 is 0 Å². The molecule has 2 aromatic heterocycles. The first-order valence-corrected chi connectivity index (χ1v) is 11.4. The predicted molar refractivity (Wildman–Crippen MR) is 130 cm³/mol. The fourth-order valence-corrected chi connectivity index (χ4v) is 4.43. The van der Waals surface area contributed by atoms with Crippen LogP contribution in [0.1, 0.15) is 51.7 Å². The smallest absolute Gasteiger partial charge is 0.252 e. The third-order valence-electron chi connectivity index (χ3n) is 6.07. The van der Waals surface area contributed by atoms with Crippen molar-refractivity contribution in [3.05, 3.63) is 93.9 Å². The second kappa shape index (κ2) is 8.74. The molecule has 1 aliphatic heterocycles. The number of aromatic nitrogens is 4. The van der Waals surface area contributed by atoms with Gasteiger partial charge in [-0.05, 0) is 57.0 Å². The van der Waals surface area contributed by atoms with E-state index in [0.29, 0.717) is 24.8 Å². The molecule has 0 spiro atoms. The Morgan fingerprint density at radius 2 is 1.65 bits per heavy atom. The molecule has 4 aromatic rings. The lowest BCUT2D eigenvalue weighted by molar-refractivity contribution is -0.116. The third-order valence-corrected chi connectivity index (χ3v) is 6.07. The number of amides is 1. The second-order valence-corrected chi connectivity index (χ2v) is 8.86. The standard InChI is InChI=1S/C27H27N5O2/c1-16-5-7-20(8-6-16)15-34-22-11-9-21(10-12-22)23-14-24(33)30-26-25(23)19(4)31-32(26)27-28-17(2)13-18(3)29-27/h5-13,23H,14-15H2,1-4H3,(H,30,33). The minimum absolute atomic E-state index is 0.0530. The van der Waals surface area contributed by atoms with E-state index >= 15 is 0 Å². The minimum atomic E-state index is -0.102. The van der Waals surface area contributed by atoms with Crippen LogP contribution in [0.4, 0.5) is 5.82 Å². The molecule has 0 aliphatic carbocycles. The second-order valence-electron chi connectivity index (χ2n) is 8.86. The van der Waals surface area contributed by atoms with Crippen LogP contribution in [-0.2, 0) is 11.4 Å². The molecule has 7 heteroatoms. The molecule has 0 bridgehead atoms. The average Bonchev–Trinajstić information content (AvgIpc) is 3.14. The van der Waals surface area contributed by atoms with Crippen molar-refractivity contribution in [2.45, 2.75) is 46.6 Å². The highest BCUT2D eigenvalue weighted by atomic mass is 16.5. The first-order valence-electron chi connectivity index (χ1n) is 11.4. The fraction of sp³-hybridized carbons (Fsp3) is 0.259. The van der Waals surface area contributed by atoms with Crippen LogP contribution in [0.5, 0.6) is 5.75 Å². The van der Waals surface area contributed by atoms with Gasteiger partial charge in [-0.1, -0.05) is 42.0 Å². The molecule has 2 aromatic carbocycles. The summed E-state index contributed by atoms with van der Waals surface area (Å²) < 4.78 is 7.61. The Hall–Kier alpha value is -4.00. The van der Waals surface area contributed by atoms with Crippen LogP contribution in [0.15, 0.2) is 54.6 Å². The number of hydrogen-bond donors (Lipinski definition) is 1. The third kappa shape index (κ3) is 4.29. The number of ether oxygens (including phenoxy) is 1. The predicted octanol–water partition coefficient (Wildman–Crippen LogP) is 4.95. The molecule has 1 unspecified atom stereocenters. The van der Waals surface area contributed by atoms with Crippen molar-refractivity contribution in [2.75, 3.05) is 5.32 Å². The lowest BCUT2D eigenvalue weighted by Gasteiger charge is -2.24. The van der Waals surface area contributed by atoms with Gasteiger partial charge in [-0.2, -0.15) is 9.78 Å². The number of fused-ring (bicyclic) bond motifs is 1. The summed E-state index contributed by atoms with van der Waals surface area (Å²) in [4.78, 5) is 21.7. The van der Waals surface area contributed by atoms with Crippen LogP contribution >= 0.6 is 0 Å². The number of aryl methyl sites for hydroxylation is 4. The Balaban J connectivity index is 1.42. The zero-order chi connectivity index (χ0) is 23.8. The normalized spacial score (nSPS) is 15.1. The Kier molecular flexibility index (Phi) is 5.61. The summed E-state index contributed by atoms with van der Waals surface area (Å²) in [5.41, 5.74) is 6.95. The number of benzene rings is 2. The van der Waals surface area contributed by atoms with Crippen LogP contribution in [0.2, 0.25) is 0 Å². The van der Waals surface area contributed by atoms with Crippen LogP contribution in [0.3, 0.4) is 0 Å². The van der Waals surface area contributed by atoms with E-state index in [1.165, 1.54) is 5.56 Å². The van der Waals surface area contributed by atoms with E-state index in [0.717, 1.165) is 39.5 Å². The largest absolute Gasteiger partial charge is 0.489 e. The summed E-state index contributed by atoms with van der Waals surface area (Å²) in [7, 11) is 0. The van der Waals surface area contributed by atoms with Crippen LogP contribution in [0, 0.1) is 27.7 Å². The molecule has 0 saturated carbocycles. The van der Waals surface area contributed by atoms with E-state index in [-0.39, 0.29) is 11.8 Å². The monoisotopic (exact) mass is 453 g/mol. The van der Waals surface area contributed by atoms with Crippen LogP contribution in [-0.4, -0.2) is 25.7 Å². The molecule has 0 radical (unpaired) electrons. The number of anilines is 1. The Bertz CT molecular complexity index is 1340. The highest BCUT2D eigenvalue weighted by Crippen LogP contribution is 2.40. The van der Waals surface area contributed by atoms with Gasteiger partial charge in [0.05, 0.1) is 5.69 Å². The summed E-state index contributed by atoms with van der Waals surface area (Å²) in [5, 5.41) is 7.69. The molecule has 1 N–H and O–H groups in total. The maximum atomic E-state index is 12.7. The highest BCUT2D eigenvalue weighted by Gasteiger charge is 2.33. The van der Waals surface area contributed by atoms with Crippen molar-refractivity contribution in [1.29, 1.82) is 0 Å². The van der Waals surface area contributed by atoms with Crippen molar-refractivity contribution in [3.63, 3.8) is 0 Å². The number of nitrogens with zero attached hydrogens (tertiary/aromatic N) is 4. The van der Waals surface area contributed by atoms with E-state index in [1.807, 2.05) is 51.1 Å². The summed E-state index contributed by atoms with van der Waals surface area (Å²) in [5.74, 6) is 1.74. The SMILES string of the molecule is Cc1ccc(COc2ccc(C3CC(=O)Nc4c3c(C)nn4-c3nc(C)cc(C)n3)cc2)cc1. The van der Waals surface area contributed by atoms with Gasteiger partial charge in [-0.25, -0.2) is 9.97 Å². The molecule has 1 atom stereocenters. The lowest BCUT2D eigenvalue weighted by atomic mass is 9.86. The molecule has 7 nitrogen and oxygen atoms in total. The van der Waals surface area contributed by atoms with Crippen molar-refractivity contribution in [3.8, 4) is 11.7 Å². The fourth-order valence-electron chi connectivity index (χ4n) is 4.43. The Morgan fingerprint density at radius 3 is 2.32 bits per heavy atom. The minimum Gasteiger partial charge on any atom is -0.489 e. The molecule has 172 valence electrons. The number of carbonyl (C=O) groups excluding carboxylic acids is 1. The molecule has 34 heavy (non-hydrogen) atoms. The number of carbonyl (C=O) groups is 1. The van der Waals surface area contributed by atoms with Gasteiger partial charge in [-0.15, -0.1) is 0 Å². The van der Waals surface area contributed by atoms with Gasteiger partial charge in [0.25, 0.3) is 5.95 Å². The zero-order valence-corrected chi connectivity index (χ0v) is 19.8. The molecular weight excluding hydrogens is 426 g/mol. The first kappa shape index (κ1) is 21.8. The van der Waals surface area contributed by atoms with Gasteiger partial charge in [0, 0.05) is 29.3 Å². The molecule has 0 fully saturated rings. The van der Waals surface area contributed by atoms with Gasteiger partial charge in [-0.3, -0.25) is 4.79 Å². The number of nitrogens with one attached hydrogen (secondary N) is 1. The summed E-state index contributed by atoms with van der Waals surface area (Å²) in [6.45, 7) is 8.38. The molecule has 1 amide bonds. The first-order chi connectivity index (χ1) is 16.4. The van der Waals surface area contributed by atoms with Crippen molar-refractivity contribution < 1.29 is 9.53 Å². The van der Waals surface area contributed by atoms with Gasteiger partial charge in [0.2, 0.25) is 5.91 Å². The zero-order valence-electron chi connectivity index (χ0n) is 19.8. The summed E-state index contributed by atoms with van der Waals surface area (Å²) in [6, 6.07) is 18.2. The van der Waals surface area contributed by atoms with E-state index < -0.39 is 0 Å². The average molecular weight is 454 g/mol. The summed E-state index contributed by atoms with van der Waals surface area (Å²) in [6.07, 6.45) is 0.358. The Morgan fingerprint density at radius 1 is 0.971 bits per heavy atom. The maximum absolute atomic E-state index is 12.7. The summed E-state index contributed by atoms with van der Waals surface area (Å²) >= 11 is 0. The lowest BCUT2D eigenvalue weighted by Crippen LogP contribution is -2.25. The van der Waals surface area contributed by atoms with E-state index in [2.05, 4.69) is 46.5 Å².